The van der Waals surface area contributed by atoms with Crippen molar-refractivity contribution in [2.75, 3.05) is 7.11 Å². The predicted molar refractivity (Wildman–Crippen MR) is 117 cm³/mol. The Bertz CT molecular complexity index is 945. The fraction of sp³-hybridized carbons (Fsp3) is 0.0556. The minimum absolute atomic E-state index is 0.233. The highest BCUT2D eigenvalue weighted by Gasteiger charge is 2.32. The molecule has 1 aliphatic rings. The summed E-state index contributed by atoms with van der Waals surface area (Å²) in [5.41, 5.74) is 1.74. The van der Waals surface area contributed by atoms with E-state index in [4.69, 9.17) is 17.0 Å². The summed E-state index contributed by atoms with van der Waals surface area (Å²) in [6.45, 7) is 0. The molecule has 0 aromatic heterocycles. The molecule has 0 N–H and O–H groups in total. The number of amides is 1. The topological polar surface area (TPSA) is 41.9 Å². The number of nitrogens with zero attached hydrogens (tertiary/aromatic N) is 2. The van der Waals surface area contributed by atoms with Crippen molar-refractivity contribution in [2.24, 2.45) is 5.10 Å². The first-order valence-corrected chi connectivity index (χ1v) is 10.2. The van der Waals surface area contributed by atoms with Gasteiger partial charge in [0, 0.05) is 4.47 Å². The van der Waals surface area contributed by atoms with Crippen LogP contribution in [-0.4, -0.2) is 28.6 Å². The molecule has 1 fully saturated rings. The molecule has 132 valence electrons. The van der Waals surface area contributed by atoms with Crippen LogP contribution in [0.3, 0.4) is 0 Å². The van der Waals surface area contributed by atoms with E-state index in [1.165, 1.54) is 16.8 Å². The van der Waals surface area contributed by atoms with E-state index in [0.717, 1.165) is 25.8 Å². The zero-order chi connectivity index (χ0) is 18.7. The van der Waals surface area contributed by atoms with Crippen LogP contribution in [0.15, 0.2) is 61.4 Å². The number of methoxy groups -OCH3 is 1. The third-order valence-electron chi connectivity index (χ3n) is 3.42. The molecule has 1 amide bonds. The molecule has 1 aliphatic heterocycles. The van der Waals surface area contributed by atoms with Crippen LogP contribution < -0.4 is 4.74 Å². The number of benzene rings is 2. The summed E-state index contributed by atoms with van der Waals surface area (Å²) in [6, 6.07) is 13.2. The fourth-order valence-corrected chi connectivity index (χ4v) is 4.34. The summed E-state index contributed by atoms with van der Waals surface area (Å²) in [5.74, 6) is 0.494. The van der Waals surface area contributed by atoms with Gasteiger partial charge in [-0.15, -0.1) is 0 Å². The highest BCUT2D eigenvalue weighted by atomic mass is 79.9. The number of hydrazone groups is 1. The number of carbonyl (C=O) groups excluding carboxylic acids is 1. The lowest BCUT2D eigenvalue weighted by Crippen LogP contribution is -2.22. The minimum atomic E-state index is -0.233. The lowest BCUT2D eigenvalue weighted by molar-refractivity contribution is -0.122. The number of thiocarbonyl (C=S) groups is 1. The van der Waals surface area contributed by atoms with Crippen LogP contribution in [0.25, 0.3) is 6.08 Å². The van der Waals surface area contributed by atoms with Crippen molar-refractivity contribution >= 4 is 78.4 Å². The number of thioether (sulfide) groups is 1. The first-order valence-electron chi connectivity index (χ1n) is 7.39. The van der Waals surface area contributed by atoms with Crippen LogP contribution >= 0.6 is 55.8 Å². The molecule has 0 radical (unpaired) electrons. The maximum Gasteiger partial charge on any atom is 0.286 e. The number of hydrogen-bond donors (Lipinski definition) is 0. The lowest BCUT2D eigenvalue weighted by Gasteiger charge is -2.07. The maximum absolute atomic E-state index is 12.6. The molecular weight excluding hydrogens is 500 g/mol. The van der Waals surface area contributed by atoms with Crippen molar-refractivity contribution in [3.8, 4) is 5.75 Å². The summed E-state index contributed by atoms with van der Waals surface area (Å²) in [5, 5.41) is 5.48. The molecule has 2 aromatic carbocycles. The Morgan fingerprint density at radius 2 is 2.00 bits per heavy atom. The fourth-order valence-electron chi connectivity index (χ4n) is 2.19. The standard InChI is InChI=1S/C18H12Br2N2O2S2/c1-24-15-6-5-12(8-14(15)20)10-21-22-17(23)16(26-18(22)25)9-11-3-2-4-13(19)7-11/h2-10H,1H3/b16-9-,21-10+. The second-order valence-electron chi connectivity index (χ2n) is 5.19. The third-order valence-corrected chi connectivity index (χ3v) is 5.81. The van der Waals surface area contributed by atoms with Crippen LogP contribution in [-0.2, 0) is 4.79 Å². The van der Waals surface area contributed by atoms with Gasteiger partial charge in [0.2, 0.25) is 0 Å². The predicted octanol–water partition coefficient (Wildman–Crippen LogP) is 5.46. The molecule has 0 aliphatic carbocycles. The average molecular weight is 512 g/mol. The van der Waals surface area contributed by atoms with Crippen molar-refractivity contribution in [3.05, 3.63) is 67.4 Å². The first-order chi connectivity index (χ1) is 12.5. The Balaban J connectivity index is 1.80. The van der Waals surface area contributed by atoms with Crippen LogP contribution in [0.5, 0.6) is 5.75 Å². The summed E-state index contributed by atoms with van der Waals surface area (Å²) >= 11 is 13.4. The highest BCUT2D eigenvalue weighted by Crippen LogP contribution is 2.33. The van der Waals surface area contributed by atoms with Crippen molar-refractivity contribution in [1.29, 1.82) is 0 Å². The molecule has 0 spiro atoms. The van der Waals surface area contributed by atoms with Crippen molar-refractivity contribution in [3.63, 3.8) is 0 Å². The summed E-state index contributed by atoms with van der Waals surface area (Å²) in [7, 11) is 1.60. The summed E-state index contributed by atoms with van der Waals surface area (Å²) < 4.78 is 7.36. The molecule has 1 heterocycles. The monoisotopic (exact) mass is 510 g/mol. The normalized spacial score (nSPS) is 16.1. The molecule has 0 unspecified atom stereocenters. The van der Waals surface area contributed by atoms with Gasteiger partial charge < -0.3 is 4.74 Å². The van der Waals surface area contributed by atoms with E-state index in [-0.39, 0.29) is 5.91 Å². The van der Waals surface area contributed by atoms with Gasteiger partial charge in [-0.05, 0) is 75.7 Å². The van der Waals surface area contributed by atoms with Gasteiger partial charge in [-0.3, -0.25) is 4.79 Å². The van der Waals surface area contributed by atoms with Gasteiger partial charge in [0.05, 0.1) is 22.7 Å². The molecule has 8 heteroatoms. The van der Waals surface area contributed by atoms with Gasteiger partial charge in [0.15, 0.2) is 4.32 Å². The molecule has 1 saturated heterocycles. The van der Waals surface area contributed by atoms with Crippen LogP contribution in [0.4, 0.5) is 0 Å². The third kappa shape index (κ3) is 4.43. The second kappa shape index (κ2) is 8.47. The number of rotatable bonds is 4. The van der Waals surface area contributed by atoms with E-state index in [1.54, 1.807) is 13.3 Å². The first kappa shape index (κ1) is 19.3. The Morgan fingerprint density at radius 3 is 2.69 bits per heavy atom. The number of ether oxygens (including phenoxy) is 1. The second-order valence-corrected chi connectivity index (χ2v) is 8.63. The SMILES string of the molecule is COc1ccc(/C=N/N2C(=O)/C(=C/c3cccc(Br)c3)SC2=S)cc1Br. The zero-order valence-corrected chi connectivity index (χ0v) is 18.3. The van der Waals surface area contributed by atoms with Crippen LogP contribution in [0, 0.1) is 0 Å². The van der Waals surface area contributed by atoms with Crippen LogP contribution in [0.2, 0.25) is 0 Å². The number of carbonyl (C=O) groups is 1. The van der Waals surface area contributed by atoms with Crippen LogP contribution in [0.1, 0.15) is 11.1 Å². The molecule has 0 atom stereocenters. The molecule has 4 nitrogen and oxygen atoms in total. The van der Waals surface area contributed by atoms with Gasteiger partial charge in [0.25, 0.3) is 5.91 Å². The van der Waals surface area contributed by atoms with Crippen molar-refractivity contribution < 1.29 is 9.53 Å². The Labute approximate surface area is 177 Å². The van der Waals surface area contributed by atoms with E-state index in [1.807, 2.05) is 48.5 Å². The molecule has 26 heavy (non-hydrogen) atoms. The van der Waals surface area contributed by atoms with E-state index in [9.17, 15) is 4.79 Å². The number of hydrogen-bond acceptors (Lipinski definition) is 5. The Kier molecular flexibility index (Phi) is 6.29. The van der Waals surface area contributed by atoms with E-state index < -0.39 is 0 Å². The van der Waals surface area contributed by atoms with E-state index in [2.05, 4.69) is 37.0 Å². The highest BCUT2D eigenvalue weighted by molar-refractivity contribution is 9.10. The molecule has 2 aromatic rings. The molecule has 3 rings (SSSR count). The lowest BCUT2D eigenvalue weighted by atomic mass is 10.2. The van der Waals surface area contributed by atoms with Crippen molar-refractivity contribution in [1.82, 2.24) is 5.01 Å². The largest absolute Gasteiger partial charge is 0.496 e. The number of halogens is 2. The van der Waals surface area contributed by atoms with Gasteiger partial charge in [-0.2, -0.15) is 10.1 Å². The van der Waals surface area contributed by atoms with E-state index in [0.29, 0.717) is 9.23 Å². The Morgan fingerprint density at radius 1 is 1.19 bits per heavy atom. The van der Waals surface area contributed by atoms with Gasteiger partial charge >= 0.3 is 0 Å². The average Bonchev–Trinajstić information content (AvgIpc) is 2.87. The zero-order valence-electron chi connectivity index (χ0n) is 13.5. The van der Waals surface area contributed by atoms with Gasteiger partial charge in [-0.1, -0.05) is 39.8 Å². The smallest absolute Gasteiger partial charge is 0.286 e. The molecule has 0 saturated carbocycles. The van der Waals surface area contributed by atoms with Gasteiger partial charge in [-0.25, -0.2) is 0 Å². The van der Waals surface area contributed by atoms with E-state index >= 15 is 0 Å². The van der Waals surface area contributed by atoms with Gasteiger partial charge in [0.1, 0.15) is 5.75 Å². The Hall–Kier alpha value is -1.48. The quantitative estimate of drug-likeness (QED) is 0.310. The maximum atomic E-state index is 12.6. The molecule has 0 bridgehead atoms. The van der Waals surface area contributed by atoms with Crippen molar-refractivity contribution in [2.45, 2.75) is 0 Å². The molecular formula is C18H12Br2N2O2S2. The minimum Gasteiger partial charge on any atom is -0.496 e. The summed E-state index contributed by atoms with van der Waals surface area (Å²) in [4.78, 5) is 13.1. The summed E-state index contributed by atoms with van der Waals surface area (Å²) in [6.07, 6.45) is 3.40.